The summed E-state index contributed by atoms with van der Waals surface area (Å²) in [6.07, 6.45) is 0. The van der Waals surface area contributed by atoms with Crippen molar-refractivity contribution in [3.8, 4) is 0 Å². The normalized spacial score (nSPS) is 10.8. The van der Waals surface area contributed by atoms with Crippen LogP contribution in [-0.2, 0) is 0 Å². The van der Waals surface area contributed by atoms with Crippen LogP contribution in [0.3, 0.4) is 0 Å². The molecule has 0 atom stereocenters. The Kier molecular flexibility index (Phi) is 1.44. The average Bonchev–Trinajstić information content (AvgIpc) is 2.29. The van der Waals surface area contributed by atoms with Gasteiger partial charge in [0.05, 0.1) is 16.1 Å². The lowest BCUT2D eigenvalue weighted by atomic mass is 10.3. The van der Waals surface area contributed by atoms with Crippen molar-refractivity contribution in [3.63, 3.8) is 0 Å². The molecule has 2 aromatic rings. The molecule has 0 aliphatic heterocycles. The number of rotatable bonds is 0. The van der Waals surface area contributed by atoms with Crippen molar-refractivity contribution in [2.75, 3.05) is 0 Å². The maximum atomic E-state index is 12.7. The summed E-state index contributed by atoms with van der Waals surface area (Å²) in [5, 5.41) is 0.198. The molecule has 12 heavy (non-hydrogen) atoms. The Balaban J connectivity index is 2.97. The summed E-state index contributed by atoms with van der Waals surface area (Å²) in [6, 6.07) is 2.35. The molecule has 0 unspecified atom stereocenters. The van der Waals surface area contributed by atoms with Gasteiger partial charge < -0.3 is 9.97 Å². The molecule has 0 bridgehead atoms. The van der Waals surface area contributed by atoms with Gasteiger partial charge in [-0.1, -0.05) is 11.6 Å². The number of nitrogens with one attached hydrogen (secondary N) is 2. The summed E-state index contributed by atoms with van der Waals surface area (Å²) < 4.78 is 12.7. The minimum atomic E-state index is -0.470. The van der Waals surface area contributed by atoms with Gasteiger partial charge >= 0.3 is 5.69 Å². The molecule has 0 aliphatic rings. The van der Waals surface area contributed by atoms with Crippen molar-refractivity contribution < 1.29 is 4.39 Å². The van der Waals surface area contributed by atoms with Gasteiger partial charge in [0.1, 0.15) is 5.82 Å². The number of halogens is 2. The number of aromatic amines is 2. The highest BCUT2D eigenvalue weighted by Crippen LogP contribution is 2.20. The fraction of sp³-hybridized carbons (Fsp3) is 0. The molecule has 0 radical (unpaired) electrons. The minimum Gasteiger partial charge on any atom is -0.306 e. The fourth-order valence-corrected chi connectivity index (χ4v) is 1.32. The van der Waals surface area contributed by atoms with Crippen LogP contribution in [0.5, 0.6) is 0 Å². The molecule has 2 N–H and O–H groups in total. The van der Waals surface area contributed by atoms with Crippen LogP contribution in [0.15, 0.2) is 16.9 Å². The predicted octanol–water partition coefficient (Wildman–Crippen LogP) is 1.65. The van der Waals surface area contributed by atoms with Gasteiger partial charge in [0.2, 0.25) is 0 Å². The summed E-state index contributed by atoms with van der Waals surface area (Å²) in [7, 11) is 0. The second-order valence-corrected chi connectivity index (χ2v) is 2.80. The molecular formula is C7H4ClFN2O. The van der Waals surface area contributed by atoms with Gasteiger partial charge in [-0.25, -0.2) is 9.18 Å². The van der Waals surface area contributed by atoms with Crippen LogP contribution in [-0.4, -0.2) is 9.97 Å². The van der Waals surface area contributed by atoms with Crippen LogP contribution < -0.4 is 5.69 Å². The van der Waals surface area contributed by atoms with E-state index >= 15 is 0 Å². The smallest absolute Gasteiger partial charge is 0.306 e. The molecule has 1 aromatic carbocycles. The molecule has 0 saturated heterocycles. The third-order valence-corrected chi connectivity index (χ3v) is 1.84. The van der Waals surface area contributed by atoms with E-state index in [0.29, 0.717) is 11.0 Å². The van der Waals surface area contributed by atoms with Gasteiger partial charge in [0.25, 0.3) is 0 Å². The van der Waals surface area contributed by atoms with Gasteiger partial charge in [-0.2, -0.15) is 0 Å². The zero-order valence-corrected chi connectivity index (χ0v) is 6.57. The molecule has 62 valence electrons. The molecule has 0 fully saturated rings. The van der Waals surface area contributed by atoms with E-state index < -0.39 is 11.5 Å². The van der Waals surface area contributed by atoms with Crippen LogP contribution >= 0.6 is 11.6 Å². The maximum absolute atomic E-state index is 12.7. The molecule has 0 aliphatic carbocycles. The van der Waals surface area contributed by atoms with E-state index in [9.17, 15) is 9.18 Å². The quantitative estimate of drug-likeness (QED) is 0.646. The lowest BCUT2D eigenvalue weighted by Crippen LogP contribution is -1.99. The Morgan fingerprint density at radius 1 is 1.33 bits per heavy atom. The number of benzene rings is 1. The van der Waals surface area contributed by atoms with Gasteiger partial charge in [-0.15, -0.1) is 0 Å². The second-order valence-electron chi connectivity index (χ2n) is 2.39. The van der Waals surface area contributed by atoms with Crippen LogP contribution in [0, 0.1) is 5.82 Å². The van der Waals surface area contributed by atoms with Crippen molar-refractivity contribution in [1.82, 2.24) is 9.97 Å². The van der Waals surface area contributed by atoms with Crippen molar-refractivity contribution >= 4 is 22.6 Å². The number of imidazole rings is 1. The summed E-state index contributed by atoms with van der Waals surface area (Å²) in [6.45, 7) is 0. The number of hydrogen-bond donors (Lipinski definition) is 2. The lowest BCUT2D eigenvalue weighted by molar-refractivity contribution is 0.629. The Hall–Kier alpha value is -1.29. The molecule has 5 heteroatoms. The first kappa shape index (κ1) is 7.36. The van der Waals surface area contributed by atoms with Crippen molar-refractivity contribution in [2.45, 2.75) is 0 Å². The molecule has 2 rings (SSSR count). The molecular weight excluding hydrogens is 183 g/mol. The number of H-pyrrole nitrogens is 2. The Morgan fingerprint density at radius 2 is 2.08 bits per heavy atom. The van der Waals surface area contributed by atoms with Gasteiger partial charge in [-0.05, 0) is 12.1 Å². The molecule has 1 aromatic heterocycles. The summed E-state index contributed by atoms with van der Waals surface area (Å²) >= 11 is 5.65. The summed E-state index contributed by atoms with van der Waals surface area (Å²) in [5.41, 5.74) is 0.422. The van der Waals surface area contributed by atoms with E-state index in [1.54, 1.807) is 0 Å². The first-order chi connectivity index (χ1) is 5.66. The lowest BCUT2D eigenvalue weighted by Gasteiger charge is -1.92. The van der Waals surface area contributed by atoms with Crippen LogP contribution in [0.2, 0.25) is 5.02 Å². The third kappa shape index (κ3) is 1.00. The Labute approximate surface area is 71.2 Å². The molecule has 3 nitrogen and oxygen atoms in total. The highest BCUT2D eigenvalue weighted by Gasteiger charge is 2.04. The zero-order valence-electron chi connectivity index (χ0n) is 5.82. The highest BCUT2D eigenvalue weighted by molar-refractivity contribution is 6.34. The van der Waals surface area contributed by atoms with Gasteiger partial charge in [0, 0.05) is 0 Å². The zero-order chi connectivity index (χ0) is 8.72. The molecule has 1 heterocycles. The van der Waals surface area contributed by atoms with Crippen molar-refractivity contribution in [3.05, 3.63) is 33.5 Å². The monoisotopic (exact) mass is 186 g/mol. The first-order valence-corrected chi connectivity index (χ1v) is 3.61. The first-order valence-electron chi connectivity index (χ1n) is 3.24. The summed E-state index contributed by atoms with van der Waals surface area (Å²) in [5.74, 6) is -0.470. The number of fused-ring (bicyclic) bond motifs is 1. The van der Waals surface area contributed by atoms with Gasteiger partial charge in [0.15, 0.2) is 0 Å². The van der Waals surface area contributed by atoms with Crippen molar-refractivity contribution in [1.29, 1.82) is 0 Å². The fourth-order valence-electron chi connectivity index (χ4n) is 1.07. The van der Waals surface area contributed by atoms with E-state index in [1.165, 1.54) is 6.07 Å². The van der Waals surface area contributed by atoms with Crippen LogP contribution in [0.4, 0.5) is 4.39 Å². The third-order valence-electron chi connectivity index (χ3n) is 1.54. The summed E-state index contributed by atoms with van der Waals surface area (Å²) in [4.78, 5) is 15.6. The maximum Gasteiger partial charge on any atom is 0.323 e. The molecule has 0 saturated carbocycles. The largest absolute Gasteiger partial charge is 0.323 e. The topological polar surface area (TPSA) is 48.6 Å². The van der Waals surface area contributed by atoms with Crippen molar-refractivity contribution in [2.24, 2.45) is 0 Å². The SMILES string of the molecule is O=c1[nH]c2cc(F)cc(Cl)c2[nH]1. The van der Waals surface area contributed by atoms with E-state index in [2.05, 4.69) is 9.97 Å². The van der Waals surface area contributed by atoms with Gasteiger partial charge in [-0.3, -0.25) is 0 Å². The van der Waals surface area contributed by atoms with Crippen LogP contribution in [0.25, 0.3) is 11.0 Å². The van der Waals surface area contributed by atoms with E-state index in [1.807, 2.05) is 0 Å². The average molecular weight is 187 g/mol. The predicted molar refractivity (Wildman–Crippen MR) is 43.9 cm³/mol. The molecule has 0 spiro atoms. The Morgan fingerprint density at radius 3 is 2.83 bits per heavy atom. The van der Waals surface area contributed by atoms with E-state index in [0.717, 1.165) is 6.07 Å². The van der Waals surface area contributed by atoms with Crippen LogP contribution in [0.1, 0.15) is 0 Å². The standard InChI is InChI=1S/C7H4ClFN2O/c8-4-1-3(9)2-5-6(4)11-7(12)10-5/h1-2H,(H2,10,11,12). The number of aromatic nitrogens is 2. The van der Waals surface area contributed by atoms with E-state index in [-0.39, 0.29) is 5.02 Å². The number of hydrogen-bond acceptors (Lipinski definition) is 1. The van der Waals surface area contributed by atoms with E-state index in [4.69, 9.17) is 11.6 Å². The minimum absolute atomic E-state index is 0.198. The highest BCUT2D eigenvalue weighted by atomic mass is 35.5. The Bertz CT molecular complexity index is 488. The second kappa shape index (κ2) is 2.35. The molecule has 0 amide bonds.